The van der Waals surface area contributed by atoms with Crippen LogP contribution >= 0.6 is 0 Å². The van der Waals surface area contributed by atoms with E-state index in [0.717, 1.165) is 63.7 Å². The lowest BCUT2D eigenvalue weighted by Crippen LogP contribution is -2.52. The molecule has 0 bridgehead atoms. The Hall–Kier alpha value is -2.37. The minimum Gasteiger partial charge on any atom is -0.352 e. The fourth-order valence-corrected chi connectivity index (χ4v) is 7.83. The minimum atomic E-state index is -0.372. The molecule has 1 unspecified atom stereocenters. The summed E-state index contributed by atoms with van der Waals surface area (Å²) >= 11 is 0. The quantitative estimate of drug-likeness (QED) is 0.0444. The summed E-state index contributed by atoms with van der Waals surface area (Å²) in [6.45, 7) is 7.98. The molecular weight excluding hydrogens is 653 g/mol. The van der Waals surface area contributed by atoms with E-state index < -0.39 is 0 Å². The maximum atomic E-state index is 14.1. The van der Waals surface area contributed by atoms with Crippen molar-refractivity contribution in [1.82, 2.24) is 19.8 Å². The Morgan fingerprint density at radius 1 is 0.717 bits per heavy atom. The summed E-state index contributed by atoms with van der Waals surface area (Å²) in [6, 6.07) is -0.127. The fraction of sp³-hybridized carbons (Fsp3) is 0.809. The molecule has 1 saturated carbocycles. The molecule has 1 atom stereocenters. The van der Waals surface area contributed by atoms with Gasteiger partial charge in [-0.25, -0.2) is 4.98 Å². The van der Waals surface area contributed by atoms with Gasteiger partial charge in [-0.3, -0.25) is 9.59 Å². The van der Waals surface area contributed by atoms with Gasteiger partial charge in [0.25, 0.3) is 0 Å². The van der Waals surface area contributed by atoms with Gasteiger partial charge in [-0.15, -0.1) is 0 Å². The number of carbonyl (C=O) groups is 2. The Morgan fingerprint density at radius 2 is 1.25 bits per heavy atom. The normalized spacial score (nSPS) is 14.6. The van der Waals surface area contributed by atoms with E-state index in [9.17, 15) is 9.59 Å². The summed E-state index contributed by atoms with van der Waals surface area (Å²) in [5, 5.41) is 3.46. The van der Waals surface area contributed by atoms with E-state index in [0.29, 0.717) is 13.0 Å². The Balaban J connectivity index is 1.91. The molecule has 2 amide bonds. The molecule has 1 fully saturated rings. The molecule has 1 N–H and O–H groups in total. The van der Waals surface area contributed by atoms with Crippen LogP contribution in [-0.4, -0.2) is 44.9 Å². The number of aromatic nitrogens is 2. The maximum absolute atomic E-state index is 14.1. The predicted molar refractivity (Wildman–Crippen MR) is 227 cm³/mol. The second-order valence-electron chi connectivity index (χ2n) is 16.1. The van der Waals surface area contributed by atoms with Gasteiger partial charge in [-0.2, -0.15) is 0 Å². The standard InChI is InChI=1S/C47H84N4O2/c1-4-6-8-10-12-14-16-18-20-22-24-26-32-37-45(47(53)49-44-35-30-28-29-31-36-44)51(41-34-40-50-42-39-48-43(50)3)46(52)38-33-27-25-23-21-19-17-15-13-11-9-7-5-2/h10,12,15,17,39,42,44-45H,4-9,11,13-14,16,18-38,40-41H2,1-3H3,(H,49,53)/b12-10-,17-15-. The van der Waals surface area contributed by atoms with E-state index in [1.807, 2.05) is 24.2 Å². The smallest absolute Gasteiger partial charge is 0.243 e. The number of nitrogens with one attached hydrogen (secondary N) is 1. The molecule has 304 valence electrons. The molecule has 2 rings (SSSR count). The van der Waals surface area contributed by atoms with Crippen LogP contribution < -0.4 is 5.32 Å². The minimum absolute atomic E-state index is 0.0921. The monoisotopic (exact) mass is 737 g/mol. The Bertz CT molecular complexity index is 1070. The fourth-order valence-electron chi connectivity index (χ4n) is 7.83. The number of nitrogens with zero attached hydrogens (tertiary/aromatic N) is 3. The van der Waals surface area contributed by atoms with Crippen LogP contribution in [0.1, 0.15) is 219 Å². The Kier molecular flexibility index (Phi) is 29.1. The maximum Gasteiger partial charge on any atom is 0.243 e. The molecule has 6 nitrogen and oxygen atoms in total. The second-order valence-corrected chi connectivity index (χ2v) is 16.1. The lowest BCUT2D eigenvalue weighted by Gasteiger charge is -2.33. The van der Waals surface area contributed by atoms with Gasteiger partial charge in [0.2, 0.25) is 11.8 Å². The van der Waals surface area contributed by atoms with Crippen LogP contribution in [0.5, 0.6) is 0 Å². The number of unbranched alkanes of at least 4 members (excludes halogenated alkanes) is 18. The third kappa shape index (κ3) is 23.9. The van der Waals surface area contributed by atoms with E-state index in [2.05, 4.69) is 53.0 Å². The highest BCUT2D eigenvalue weighted by Crippen LogP contribution is 2.21. The molecule has 0 saturated heterocycles. The number of hydrogen-bond donors (Lipinski definition) is 1. The number of imidazole rings is 1. The highest BCUT2D eigenvalue weighted by Gasteiger charge is 2.30. The van der Waals surface area contributed by atoms with Crippen molar-refractivity contribution in [2.45, 2.75) is 238 Å². The summed E-state index contributed by atoms with van der Waals surface area (Å²) in [6.07, 6.45) is 49.4. The first-order valence-electron chi connectivity index (χ1n) is 22.9. The average molecular weight is 737 g/mol. The van der Waals surface area contributed by atoms with Crippen molar-refractivity contribution in [3.8, 4) is 0 Å². The molecule has 1 aliphatic rings. The van der Waals surface area contributed by atoms with Crippen LogP contribution in [0.2, 0.25) is 0 Å². The summed E-state index contributed by atoms with van der Waals surface area (Å²) in [7, 11) is 0. The number of allylic oxidation sites excluding steroid dienone is 4. The highest BCUT2D eigenvalue weighted by molar-refractivity contribution is 5.87. The first-order valence-corrected chi connectivity index (χ1v) is 22.9. The SMILES string of the molecule is CCCC/C=C\CCCCCCCCCC(C(=O)NC1CCCCCC1)N(CCCn1ccnc1C)C(=O)CCCCCCC/C=C\CCCCCC. The van der Waals surface area contributed by atoms with Crippen LogP contribution in [0.15, 0.2) is 36.7 Å². The van der Waals surface area contributed by atoms with Crippen molar-refractivity contribution in [1.29, 1.82) is 0 Å². The zero-order chi connectivity index (χ0) is 38.0. The number of carbonyl (C=O) groups excluding carboxylic acids is 2. The molecular formula is C47H84N4O2. The Morgan fingerprint density at radius 3 is 1.81 bits per heavy atom. The van der Waals surface area contributed by atoms with E-state index in [1.165, 1.54) is 141 Å². The summed E-state index contributed by atoms with van der Waals surface area (Å²) in [5.74, 6) is 1.26. The van der Waals surface area contributed by atoms with Crippen molar-refractivity contribution in [2.24, 2.45) is 0 Å². The number of amides is 2. The van der Waals surface area contributed by atoms with E-state index >= 15 is 0 Å². The van der Waals surface area contributed by atoms with Gasteiger partial charge in [-0.1, -0.05) is 154 Å². The topological polar surface area (TPSA) is 67.2 Å². The summed E-state index contributed by atoms with van der Waals surface area (Å²) in [4.78, 5) is 34.6. The molecule has 1 aromatic rings. The van der Waals surface area contributed by atoms with Crippen molar-refractivity contribution in [3.63, 3.8) is 0 Å². The molecule has 1 aliphatic carbocycles. The van der Waals surface area contributed by atoms with Crippen molar-refractivity contribution >= 4 is 11.8 Å². The number of aryl methyl sites for hydroxylation is 2. The number of hydrogen-bond acceptors (Lipinski definition) is 3. The molecule has 0 radical (unpaired) electrons. The Labute approximate surface area is 327 Å². The van der Waals surface area contributed by atoms with E-state index in [4.69, 9.17) is 0 Å². The van der Waals surface area contributed by atoms with Gasteiger partial charge in [0.1, 0.15) is 11.9 Å². The van der Waals surface area contributed by atoms with E-state index in [1.54, 1.807) is 0 Å². The molecule has 0 aliphatic heterocycles. The van der Waals surface area contributed by atoms with Crippen molar-refractivity contribution < 1.29 is 9.59 Å². The average Bonchev–Trinajstić information content (AvgIpc) is 3.39. The van der Waals surface area contributed by atoms with Crippen molar-refractivity contribution in [3.05, 3.63) is 42.5 Å². The third-order valence-electron chi connectivity index (χ3n) is 11.3. The molecule has 1 aromatic heterocycles. The second kappa shape index (κ2) is 33.0. The zero-order valence-electron chi connectivity index (χ0n) is 35.1. The zero-order valence-corrected chi connectivity index (χ0v) is 35.1. The van der Waals surface area contributed by atoms with Gasteiger partial charge >= 0.3 is 0 Å². The van der Waals surface area contributed by atoms with Crippen LogP contribution in [0, 0.1) is 6.92 Å². The van der Waals surface area contributed by atoms with Crippen LogP contribution in [0.25, 0.3) is 0 Å². The molecule has 53 heavy (non-hydrogen) atoms. The third-order valence-corrected chi connectivity index (χ3v) is 11.3. The lowest BCUT2D eigenvalue weighted by atomic mass is 10.0. The summed E-state index contributed by atoms with van der Waals surface area (Å²) in [5.41, 5.74) is 0. The van der Waals surface area contributed by atoms with Crippen LogP contribution in [0.4, 0.5) is 0 Å². The van der Waals surface area contributed by atoms with Crippen molar-refractivity contribution in [2.75, 3.05) is 6.54 Å². The first kappa shape index (κ1) is 46.8. The molecule has 6 heteroatoms. The lowest BCUT2D eigenvalue weighted by molar-refractivity contribution is -0.141. The molecule has 1 heterocycles. The van der Waals surface area contributed by atoms with Crippen LogP contribution in [-0.2, 0) is 16.1 Å². The number of rotatable bonds is 33. The molecule has 0 aromatic carbocycles. The predicted octanol–water partition coefficient (Wildman–Crippen LogP) is 13.1. The van der Waals surface area contributed by atoms with Crippen LogP contribution in [0.3, 0.4) is 0 Å². The van der Waals surface area contributed by atoms with Gasteiger partial charge in [-0.05, 0) is 84.0 Å². The van der Waals surface area contributed by atoms with Gasteiger partial charge in [0.15, 0.2) is 0 Å². The van der Waals surface area contributed by atoms with Gasteiger partial charge in [0.05, 0.1) is 0 Å². The largest absolute Gasteiger partial charge is 0.352 e. The molecule has 0 spiro atoms. The van der Waals surface area contributed by atoms with Gasteiger partial charge < -0.3 is 14.8 Å². The first-order chi connectivity index (χ1) is 26.1. The van der Waals surface area contributed by atoms with E-state index in [-0.39, 0.29) is 23.9 Å². The summed E-state index contributed by atoms with van der Waals surface area (Å²) < 4.78 is 2.16. The highest BCUT2D eigenvalue weighted by atomic mass is 16.2. The van der Waals surface area contributed by atoms with Gasteiger partial charge in [0, 0.05) is 37.9 Å².